The molecule has 0 spiro atoms. The molecule has 88 valence electrons. The Morgan fingerprint density at radius 1 is 1.40 bits per heavy atom. The molecule has 1 rings (SSSR count). The molecule has 2 heteroatoms. The van der Waals surface area contributed by atoms with Crippen molar-refractivity contribution in [3.63, 3.8) is 0 Å². The zero-order valence-electron chi connectivity index (χ0n) is 9.95. The second-order valence-corrected chi connectivity index (χ2v) is 4.65. The first kappa shape index (κ1) is 12.7. The molecule has 1 aliphatic rings. The lowest BCUT2D eigenvalue weighted by Gasteiger charge is -2.19. The molecular formula is C13H25NO. The van der Waals surface area contributed by atoms with E-state index >= 15 is 0 Å². The first-order valence-electron chi connectivity index (χ1n) is 6.26. The Balaban J connectivity index is 2.03. The summed E-state index contributed by atoms with van der Waals surface area (Å²) in [5, 5.41) is 0. The summed E-state index contributed by atoms with van der Waals surface area (Å²) < 4.78 is 5.76. The third-order valence-corrected chi connectivity index (χ3v) is 3.19. The van der Waals surface area contributed by atoms with Gasteiger partial charge in [-0.3, -0.25) is 0 Å². The average molecular weight is 211 g/mol. The largest absolute Gasteiger partial charge is 0.374 e. The maximum Gasteiger partial charge on any atom is 0.0730 e. The molecule has 0 aromatic carbocycles. The predicted molar refractivity (Wildman–Crippen MR) is 64.8 cm³/mol. The van der Waals surface area contributed by atoms with Crippen LogP contribution in [-0.2, 0) is 4.74 Å². The molecule has 0 radical (unpaired) electrons. The van der Waals surface area contributed by atoms with Gasteiger partial charge in [-0.1, -0.05) is 18.9 Å². The van der Waals surface area contributed by atoms with Gasteiger partial charge in [-0.15, -0.1) is 6.58 Å². The zero-order valence-corrected chi connectivity index (χ0v) is 9.95. The molecule has 0 bridgehead atoms. The smallest absolute Gasteiger partial charge is 0.0730 e. The minimum atomic E-state index is 0.249. The van der Waals surface area contributed by atoms with Gasteiger partial charge >= 0.3 is 0 Å². The van der Waals surface area contributed by atoms with Gasteiger partial charge in [-0.2, -0.15) is 0 Å². The molecule has 2 nitrogen and oxygen atoms in total. The Labute approximate surface area is 93.9 Å². The van der Waals surface area contributed by atoms with Crippen molar-refractivity contribution in [1.82, 2.24) is 0 Å². The van der Waals surface area contributed by atoms with Crippen LogP contribution in [0, 0.1) is 0 Å². The van der Waals surface area contributed by atoms with E-state index in [1.165, 1.54) is 25.7 Å². The van der Waals surface area contributed by atoms with Crippen molar-refractivity contribution in [2.45, 2.75) is 70.1 Å². The van der Waals surface area contributed by atoms with Gasteiger partial charge in [-0.05, 0) is 39.0 Å². The van der Waals surface area contributed by atoms with Crippen molar-refractivity contribution in [2.24, 2.45) is 5.73 Å². The van der Waals surface area contributed by atoms with Crippen LogP contribution in [0.2, 0.25) is 0 Å². The van der Waals surface area contributed by atoms with E-state index in [4.69, 9.17) is 10.5 Å². The summed E-state index contributed by atoms with van der Waals surface area (Å²) in [7, 11) is 0. The van der Waals surface area contributed by atoms with E-state index in [0.29, 0.717) is 12.2 Å². The summed E-state index contributed by atoms with van der Waals surface area (Å²) in [4.78, 5) is 0. The van der Waals surface area contributed by atoms with Crippen LogP contribution < -0.4 is 5.73 Å². The van der Waals surface area contributed by atoms with E-state index in [2.05, 4.69) is 13.5 Å². The van der Waals surface area contributed by atoms with Crippen molar-refractivity contribution in [1.29, 1.82) is 0 Å². The lowest BCUT2D eigenvalue weighted by atomic mass is 10.0. The molecule has 0 aromatic heterocycles. The lowest BCUT2D eigenvalue weighted by Crippen LogP contribution is -2.34. The average Bonchev–Trinajstić information content (AvgIpc) is 2.64. The van der Waals surface area contributed by atoms with Crippen molar-refractivity contribution in [3.8, 4) is 0 Å². The summed E-state index contributed by atoms with van der Waals surface area (Å²) in [6, 6.07) is 0.249. The normalized spacial score (nSPS) is 27.9. The van der Waals surface area contributed by atoms with Gasteiger partial charge < -0.3 is 10.5 Å². The molecule has 1 saturated heterocycles. The zero-order chi connectivity index (χ0) is 11.1. The number of ether oxygens (including phenoxy) is 1. The van der Waals surface area contributed by atoms with E-state index in [9.17, 15) is 0 Å². The predicted octanol–water partition coefficient (Wildman–Crippen LogP) is 3.02. The van der Waals surface area contributed by atoms with E-state index in [1.54, 1.807) is 0 Å². The van der Waals surface area contributed by atoms with Crippen LogP contribution in [-0.4, -0.2) is 18.2 Å². The Kier molecular flexibility index (Phi) is 5.96. The molecule has 15 heavy (non-hydrogen) atoms. The minimum absolute atomic E-state index is 0.249. The molecule has 2 N–H and O–H groups in total. The Bertz CT molecular complexity index is 181. The first-order valence-corrected chi connectivity index (χ1v) is 6.26. The summed E-state index contributed by atoms with van der Waals surface area (Å²) in [6.45, 7) is 5.86. The summed E-state index contributed by atoms with van der Waals surface area (Å²) in [6.07, 6.45) is 11.0. The highest BCUT2D eigenvalue weighted by Crippen LogP contribution is 2.23. The van der Waals surface area contributed by atoms with E-state index in [-0.39, 0.29) is 6.04 Å². The fraction of sp³-hybridized carbons (Fsp3) is 0.846. The van der Waals surface area contributed by atoms with Crippen molar-refractivity contribution in [3.05, 3.63) is 12.7 Å². The van der Waals surface area contributed by atoms with Crippen molar-refractivity contribution < 1.29 is 4.74 Å². The van der Waals surface area contributed by atoms with E-state index in [0.717, 1.165) is 19.3 Å². The molecule has 0 saturated carbocycles. The molecule has 3 unspecified atom stereocenters. The number of hydrogen-bond acceptors (Lipinski definition) is 2. The van der Waals surface area contributed by atoms with Gasteiger partial charge in [-0.25, -0.2) is 0 Å². The molecule has 1 heterocycles. The molecule has 0 amide bonds. The highest BCUT2D eigenvalue weighted by atomic mass is 16.5. The molecule has 0 aromatic rings. The topological polar surface area (TPSA) is 35.2 Å². The second kappa shape index (κ2) is 7.02. The van der Waals surface area contributed by atoms with Gasteiger partial charge in [0, 0.05) is 6.04 Å². The third-order valence-electron chi connectivity index (χ3n) is 3.19. The quantitative estimate of drug-likeness (QED) is 0.519. The van der Waals surface area contributed by atoms with Crippen LogP contribution in [0.15, 0.2) is 12.7 Å². The Hall–Kier alpha value is -0.340. The fourth-order valence-corrected chi connectivity index (χ4v) is 2.18. The SMILES string of the molecule is C=CCCCCCC(N)C1CCC(C)O1. The maximum absolute atomic E-state index is 6.11. The molecule has 1 fully saturated rings. The van der Waals surface area contributed by atoms with Crippen LogP contribution >= 0.6 is 0 Å². The minimum Gasteiger partial charge on any atom is -0.374 e. The molecular weight excluding hydrogens is 186 g/mol. The van der Waals surface area contributed by atoms with Crippen LogP contribution in [0.3, 0.4) is 0 Å². The second-order valence-electron chi connectivity index (χ2n) is 4.65. The third kappa shape index (κ3) is 4.80. The maximum atomic E-state index is 6.11. The van der Waals surface area contributed by atoms with Crippen LogP contribution in [0.25, 0.3) is 0 Å². The summed E-state index contributed by atoms with van der Waals surface area (Å²) in [5.74, 6) is 0. The van der Waals surface area contributed by atoms with Crippen LogP contribution in [0.1, 0.15) is 51.9 Å². The molecule has 1 aliphatic heterocycles. The molecule has 3 atom stereocenters. The highest BCUT2D eigenvalue weighted by Gasteiger charge is 2.26. The van der Waals surface area contributed by atoms with Crippen molar-refractivity contribution in [2.75, 3.05) is 0 Å². The number of allylic oxidation sites excluding steroid dienone is 1. The van der Waals surface area contributed by atoms with E-state index < -0.39 is 0 Å². The van der Waals surface area contributed by atoms with Gasteiger partial charge in [0.1, 0.15) is 0 Å². The summed E-state index contributed by atoms with van der Waals surface area (Å²) in [5.41, 5.74) is 6.11. The monoisotopic (exact) mass is 211 g/mol. The number of hydrogen-bond donors (Lipinski definition) is 1. The Morgan fingerprint density at radius 3 is 2.80 bits per heavy atom. The van der Waals surface area contributed by atoms with Crippen molar-refractivity contribution >= 4 is 0 Å². The fourth-order valence-electron chi connectivity index (χ4n) is 2.18. The standard InChI is InChI=1S/C13H25NO/c1-3-4-5-6-7-8-12(14)13-10-9-11(2)15-13/h3,11-13H,1,4-10,14H2,2H3. The number of nitrogens with two attached hydrogens (primary N) is 1. The van der Waals surface area contributed by atoms with Gasteiger partial charge in [0.25, 0.3) is 0 Å². The summed E-state index contributed by atoms with van der Waals surface area (Å²) >= 11 is 0. The number of unbranched alkanes of at least 4 members (excludes halogenated alkanes) is 3. The number of rotatable bonds is 7. The van der Waals surface area contributed by atoms with Gasteiger partial charge in [0.15, 0.2) is 0 Å². The van der Waals surface area contributed by atoms with Crippen LogP contribution in [0.4, 0.5) is 0 Å². The van der Waals surface area contributed by atoms with Gasteiger partial charge in [0.2, 0.25) is 0 Å². The van der Waals surface area contributed by atoms with E-state index in [1.807, 2.05) is 6.08 Å². The van der Waals surface area contributed by atoms with Gasteiger partial charge in [0.05, 0.1) is 12.2 Å². The first-order chi connectivity index (χ1) is 7.24. The highest BCUT2D eigenvalue weighted by molar-refractivity contribution is 4.80. The Morgan fingerprint density at radius 2 is 2.20 bits per heavy atom. The molecule has 0 aliphatic carbocycles. The van der Waals surface area contributed by atoms with Crippen LogP contribution in [0.5, 0.6) is 0 Å². The lowest BCUT2D eigenvalue weighted by molar-refractivity contribution is 0.0382.